The van der Waals surface area contributed by atoms with Crippen molar-refractivity contribution in [3.63, 3.8) is 0 Å². The molecule has 0 saturated carbocycles. The van der Waals surface area contributed by atoms with Gasteiger partial charge < -0.3 is 5.32 Å². The summed E-state index contributed by atoms with van der Waals surface area (Å²) in [5.74, 6) is -3.25. The highest BCUT2D eigenvalue weighted by Crippen LogP contribution is 2.60. The highest BCUT2D eigenvalue weighted by molar-refractivity contribution is 6.36. The summed E-state index contributed by atoms with van der Waals surface area (Å²) in [5.41, 5.74) is -0.134. The van der Waals surface area contributed by atoms with Gasteiger partial charge in [-0.15, -0.1) is 0 Å². The molecule has 0 aromatic heterocycles. The predicted octanol–water partition coefficient (Wildman–Crippen LogP) is 2.91. The number of carbonyl (C=O) groups is 3. The van der Waals surface area contributed by atoms with Gasteiger partial charge in [0.1, 0.15) is 11.4 Å². The molecule has 152 valence electrons. The fraction of sp³-hybridized carbons (Fsp3) is 0.318. The van der Waals surface area contributed by atoms with Gasteiger partial charge in [0.15, 0.2) is 0 Å². The minimum atomic E-state index is -1.38. The lowest BCUT2D eigenvalue weighted by Crippen LogP contribution is -2.54. The maximum atomic E-state index is 14.2. The van der Waals surface area contributed by atoms with E-state index in [0.29, 0.717) is 34.9 Å². The van der Waals surface area contributed by atoms with Crippen molar-refractivity contribution in [3.05, 3.63) is 58.9 Å². The van der Waals surface area contributed by atoms with Crippen molar-refractivity contribution in [2.24, 2.45) is 11.8 Å². The summed E-state index contributed by atoms with van der Waals surface area (Å²) in [6.45, 7) is 0.577. The van der Waals surface area contributed by atoms with Crippen molar-refractivity contribution in [1.29, 1.82) is 0 Å². The third-order valence-electron chi connectivity index (χ3n) is 7.05. The zero-order valence-corrected chi connectivity index (χ0v) is 16.5. The Morgan fingerprint density at radius 2 is 1.90 bits per heavy atom. The number of nitrogens with zero attached hydrogens (tertiary/aromatic N) is 2. The first kappa shape index (κ1) is 18.0. The first-order valence-corrected chi connectivity index (χ1v) is 10.3. The van der Waals surface area contributed by atoms with Crippen molar-refractivity contribution in [3.8, 4) is 0 Å². The number of benzene rings is 2. The monoisotopic (exact) mass is 425 g/mol. The molecule has 30 heavy (non-hydrogen) atoms. The van der Waals surface area contributed by atoms with Crippen molar-refractivity contribution < 1.29 is 18.8 Å². The second kappa shape index (κ2) is 5.89. The highest BCUT2D eigenvalue weighted by atomic mass is 35.5. The van der Waals surface area contributed by atoms with E-state index in [1.807, 2.05) is 4.90 Å². The molecule has 3 amide bonds. The van der Waals surface area contributed by atoms with Crippen LogP contribution >= 0.6 is 11.6 Å². The Bertz CT molecular complexity index is 1150. The van der Waals surface area contributed by atoms with Crippen LogP contribution in [-0.4, -0.2) is 35.2 Å². The molecule has 6 rings (SSSR count). The van der Waals surface area contributed by atoms with Crippen molar-refractivity contribution in [2.75, 3.05) is 16.8 Å². The van der Waals surface area contributed by atoms with E-state index in [-0.39, 0.29) is 17.9 Å². The highest BCUT2D eigenvalue weighted by Gasteiger charge is 2.74. The van der Waals surface area contributed by atoms with E-state index in [2.05, 4.69) is 5.32 Å². The first-order chi connectivity index (χ1) is 14.5. The Balaban J connectivity index is 1.58. The molecule has 2 aromatic rings. The third-order valence-corrected chi connectivity index (χ3v) is 7.37. The topological polar surface area (TPSA) is 69.7 Å². The fourth-order valence-corrected chi connectivity index (χ4v) is 6.27. The van der Waals surface area contributed by atoms with Crippen LogP contribution < -0.4 is 10.2 Å². The van der Waals surface area contributed by atoms with E-state index in [4.69, 9.17) is 11.6 Å². The Kier molecular flexibility index (Phi) is 3.54. The number of imide groups is 1. The number of fused-ring (bicyclic) bond motifs is 7. The summed E-state index contributed by atoms with van der Waals surface area (Å²) in [4.78, 5) is 43.8. The summed E-state index contributed by atoms with van der Waals surface area (Å²) in [5, 5.41) is 3.12. The van der Waals surface area contributed by atoms with Gasteiger partial charge in [-0.25, -0.2) is 9.29 Å². The standard InChI is InChI=1S/C22H17ClFN3O3/c23-13-4-1-2-5-15(13)27-19(28)17-16-6-3-9-26(16)22(18(17)20(27)29)12-10-11(24)7-8-14(12)25-21(22)30/h1-2,4-5,7-8,10,16-18H,3,6,9H2,(H,25,30)/t16-,17+,18-,22-/m0/s1. The lowest BCUT2D eigenvalue weighted by molar-refractivity contribution is -0.135. The lowest BCUT2D eigenvalue weighted by atomic mass is 9.75. The maximum absolute atomic E-state index is 14.2. The molecule has 0 radical (unpaired) electrons. The molecule has 3 fully saturated rings. The molecule has 3 saturated heterocycles. The minimum Gasteiger partial charge on any atom is -0.324 e. The molecular formula is C22H17ClFN3O3. The number of hydrogen-bond acceptors (Lipinski definition) is 4. The number of halogens is 2. The van der Waals surface area contributed by atoms with Crippen LogP contribution in [0.15, 0.2) is 42.5 Å². The number of hydrogen-bond donors (Lipinski definition) is 1. The Morgan fingerprint density at radius 3 is 2.70 bits per heavy atom. The number of para-hydroxylation sites is 1. The van der Waals surface area contributed by atoms with Crippen LogP contribution in [0.4, 0.5) is 15.8 Å². The van der Waals surface area contributed by atoms with E-state index in [0.717, 1.165) is 11.3 Å². The van der Waals surface area contributed by atoms with Gasteiger partial charge >= 0.3 is 0 Å². The molecular weight excluding hydrogens is 409 g/mol. The molecule has 2 aromatic carbocycles. The second-order valence-electron chi connectivity index (χ2n) is 8.28. The zero-order valence-electron chi connectivity index (χ0n) is 15.8. The summed E-state index contributed by atoms with van der Waals surface area (Å²) in [7, 11) is 0. The number of carbonyl (C=O) groups excluding carboxylic acids is 3. The van der Waals surface area contributed by atoms with E-state index in [1.54, 1.807) is 24.3 Å². The van der Waals surface area contributed by atoms with Crippen LogP contribution in [0.25, 0.3) is 0 Å². The third kappa shape index (κ3) is 1.95. The van der Waals surface area contributed by atoms with Crippen LogP contribution in [0.2, 0.25) is 5.02 Å². The summed E-state index contributed by atoms with van der Waals surface area (Å²) >= 11 is 6.30. The van der Waals surface area contributed by atoms with Gasteiger partial charge in [0.2, 0.25) is 17.7 Å². The lowest BCUT2D eigenvalue weighted by Gasteiger charge is -2.36. The van der Waals surface area contributed by atoms with E-state index in [9.17, 15) is 18.8 Å². The van der Waals surface area contributed by atoms with Gasteiger partial charge in [0.25, 0.3) is 0 Å². The molecule has 6 nitrogen and oxygen atoms in total. The number of nitrogens with one attached hydrogen (secondary N) is 1. The van der Waals surface area contributed by atoms with Crippen LogP contribution in [0, 0.1) is 17.7 Å². The Hall–Kier alpha value is -2.77. The number of rotatable bonds is 1. The molecule has 0 unspecified atom stereocenters. The molecule has 4 aliphatic heterocycles. The van der Waals surface area contributed by atoms with Gasteiger partial charge in [-0.2, -0.15) is 0 Å². The Morgan fingerprint density at radius 1 is 1.10 bits per heavy atom. The fourth-order valence-electron chi connectivity index (χ4n) is 6.05. The van der Waals surface area contributed by atoms with Crippen molar-refractivity contribution >= 4 is 40.7 Å². The van der Waals surface area contributed by atoms with Crippen LogP contribution in [0.3, 0.4) is 0 Å². The van der Waals surface area contributed by atoms with E-state index < -0.39 is 29.1 Å². The van der Waals surface area contributed by atoms with Gasteiger partial charge in [-0.05, 0) is 49.7 Å². The van der Waals surface area contributed by atoms with Crippen LogP contribution in [-0.2, 0) is 19.9 Å². The second-order valence-corrected chi connectivity index (χ2v) is 8.69. The van der Waals surface area contributed by atoms with Gasteiger partial charge in [-0.1, -0.05) is 23.7 Å². The summed E-state index contributed by atoms with van der Waals surface area (Å²) in [6, 6.07) is 10.5. The molecule has 0 bridgehead atoms. The molecule has 0 aliphatic carbocycles. The summed E-state index contributed by atoms with van der Waals surface area (Å²) in [6.07, 6.45) is 1.51. The minimum absolute atomic E-state index is 0.251. The molecule has 8 heteroatoms. The molecule has 4 aliphatic rings. The predicted molar refractivity (Wildman–Crippen MR) is 107 cm³/mol. The number of amides is 3. The maximum Gasteiger partial charge on any atom is 0.250 e. The first-order valence-electron chi connectivity index (χ1n) is 9.97. The van der Waals surface area contributed by atoms with Gasteiger partial charge in [0, 0.05) is 17.3 Å². The average molecular weight is 426 g/mol. The van der Waals surface area contributed by atoms with Crippen molar-refractivity contribution in [1.82, 2.24) is 4.90 Å². The molecule has 4 heterocycles. The summed E-state index contributed by atoms with van der Waals surface area (Å²) < 4.78 is 14.2. The zero-order chi connectivity index (χ0) is 20.8. The SMILES string of the molecule is O=C1[C@H]2[C@@H](C(=O)N1c1ccccc1Cl)[C@@]1(C(=O)Nc3ccc(F)cc31)N1CCC[C@@H]21. The largest absolute Gasteiger partial charge is 0.324 e. The van der Waals surface area contributed by atoms with Gasteiger partial charge in [-0.3, -0.25) is 19.3 Å². The van der Waals surface area contributed by atoms with Crippen LogP contribution in [0.1, 0.15) is 18.4 Å². The molecule has 4 atom stereocenters. The van der Waals surface area contributed by atoms with E-state index in [1.165, 1.54) is 18.2 Å². The van der Waals surface area contributed by atoms with Gasteiger partial charge in [0.05, 0.1) is 22.5 Å². The average Bonchev–Trinajstić information content (AvgIpc) is 3.42. The van der Waals surface area contributed by atoms with Crippen LogP contribution in [0.5, 0.6) is 0 Å². The normalized spacial score (nSPS) is 32.0. The molecule has 1 spiro atoms. The van der Waals surface area contributed by atoms with Crippen molar-refractivity contribution in [2.45, 2.75) is 24.4 Å². The smallest absolute Gasteiger partial charge is 0.250 e. The number of anilines is 2. The molecule has 1 N–H and O–H groups in total. The van der Waals surface area contributed by atoms with E-state index >= 15 is 0 Å². The Labute approximate surface area is 176 Å². The quantitative estimate of drug-likeness (QED) is 0.713.